The lowest BCUT2D eigenvalue weighted by Gasteiger charge is -2.19. The lowest BCUT2D eigenvalue weighted by molar-refractivity contribution is 0.1000. The van der Waals surface area contributed by atoms with Gasteiger partial charge in [0.25, 0.3) is 5.91 Å². The number of nitrogens with two attached hydrogens (primary N) is 1. The van der Waals surface area contributed by atoms with E-state index in [1.165, 1.54) is 12.1 Å². The molecule has 92 valence electrons. The average molecular weight is 238 g/mol. The Bertz CT molecular complexity index is 437. The first-order valence-electron chi connectivity index (χ1n) is 5.62. The zero-order valence-corrected chi connectivity index (χ0v) is 9.32. The molecule has 0 heterocycles. The molecule has 1 fully saturated rings. The van der Waals surface area contributed by atoms with E-state index in [0.29, 0.717) is 5.69 Å². The number of carbonyl (C=O) groups is 1. The van der Waals surface area contributed by atoms with Gasteiger partial charge < -0.3 is 16.2 Å². The number of hydrogen-bond donors (Lipinski definition) is 3. The number of aliphatic hydroxyl groups is 1. The molecule has 0 aromatic heterocycles. The maximum Gasteiger partial charge on any atom is 0.250 e. The number of primary amides is 1. The summed E-state index contributed by atoms with van der Waals surface area (Å²) in [6.07, 6.45) is 2.08. The third-order valence-corrected chi connectivity index (χ3v) is 3.07. The van der Waals surface area contributed by atoms with E-state index in [2.05, 4.69) is 5.32 Å². The van der Waals surface area contributed by atoms with Gasteiger partial charge in [0.1, 0.15) is 5.82 Å². The lowest BCUT2D eigenvalue weighted by Crippen LogP contribution is -2.29. The summed E-state index contributed by atoms with van der Waals surface area (Å²) in [6.45, 7) is 0. The van der Waals surface area contributed by atoms with Gasteiger partial charge in [-0.05, 0) is 37.5 Å². The smallest absolute Gasteiger partial charge is 0.250 e. The molecule has 1 saturated carbocycles. The molecule has 4 N–H and O–H groups in total. The van der Waals surface area contributed by atoms with Crippen LogP contribution in [0.1, 0.15) is 29.6 Å². The number of amides is 1. The summed E-state index contributed by atoms with van der Waals surface area (Å²) in [5.41, 5.74) is 5.78. The van der Waals surface area contributed by atoms with Crippen molar-refractivity contribution in [3.8, 4) is 0 Å². The van der Waals surface area contributed by atoms with E-state index >= 15 is 0 Å². The lowest BCUT2D eigenvalue weighted by atomic mass is 10.1. The molecule has 0 bridgehead atoms. The highest BCUT2D eigenvalue weighted by atomic mass is 19.1. The summed E-state index contributed by atoms with van der Waals surface area (Å²) in [5, 5.41) is 12.7. The number of anilines is 1. The van der Waals surface area contributed by atoms with Crippen LogP contribution in [-0.2, 0) is 0 Å². The standard InChI is InChI=1S/C12H15FN2O2/c13-7-4-5-9(8(6-7)12(14)17)15-10-2-1-3-11(10)16/h4-6,10-11,15-16H,1-3H2,(H2,14,17)/t10-,11-/m0/s1. The highest BCUT2D eigenvalue weighted by Crippen LogP contribution is 2.25. The number of carbonyl (C=O) groups excluding carboxylic acids is 1. The van der Waals surface area contributed by atoms with Gasteiger partial charge in [0, 0.05) is 5.69 Å². The van der Waals surface area contributed by atoms with Gasteiger partial charge in [-0.1, -0.05) is 0 Å². The van der Waals surface area contributed by atoms with Gasteiger partial charge in [0.05, 0.1) is 17.7 Å². The summed E-state index contributed by atoms with van der Waals surface area (Å²) >= 11 is 0. The fourth-order valence-corrected chi connectivity index (χ4v) is 2.15. The van der Waals surface area contributed by atoms with E-state index in [0.717, 1.165) is 25.3 Å². The SMILES string of the molecule is NC(=O)c1cc(F)ccc1N[C@H]1CCC[C@@H]1O. The number of hydrogen-bond acceptors (Lipinski definition) is 3. The van der Waals surface area contributed by atoms with Crippen LogP contribution in [-0.4, -0.2) is 23.2 Å². The summed E-state index contributed by atoms with van der Waals surface area (Å²) < 4.78 is 13.0. The predicted molar refractivity (Wildman–Crippen MR) is 62.2 cm³/mol. The minimum absolute atomic E-state index is 0.0986. The summed E-state index contributed by atoms with van der Waals surface area (Å²) in [5.74, 6) is -1.18. The van der Waals surface area contributed by atoms with E-state index in [1.807, 2.05) is 0 Å². The second-order valence-corrected chi connectivity index (χ2v) is 4.30. The van der Waals surface area contributed by atoms with E-state index in [9.17, 15) is 14.3 Å². The van der Waals surface area contributed by atoms with Crippen LogP contribution in [0.3, 0.4) is 0 Å². The van der Waals surface area contributed by atoms with E-state index in [-0.39, 0.29) is 11.6 Å². The number of aliphatic hydroxyl groups excluding tert-OH is 1. The van der Waals surface area contributed by atoms with Gasteiger partial charge >= 0.3 is 0 Å². The summed E-state index contributed by atoms with van der Waals surface area (Å²) in [6, 6.07) is 3.74. The third kappa shape index (κ3) is 2.55. The molecule has 2 atom stereocenters. The first-order chi connectivity index (χ1) is 8.08. The van der Waals surface area contributed by atoms with Gasteiger partial charge in [-0.3, -0.25) is 4.79 Å². The Morgan fingerprint density at radius 2 is 2.24 bits per heavy atom. The molecule has 0 unspecified atom stereocenters. The number of benzene rings is 1. The molecule has 17 heavy (non-hydrogen) atoms. The maximum absolute atomic E-state index is 13.0. The molecule has 0 saturated heterocycles. The van der Waals surface area contributed by atoms with Gasteiger partial charge in [0.15, 0.2) is 0 Å². The maximum atomic E-state index is 13.0. The molecule has 4 nitrogen and oxygen atoms in total. The molecule has 5 heteroatoms. The normalized spacial score (nSPS) is 23.6. The molecular formula is C12H15FN2O2. The molecular weight excluding hydrogens is 223 g/mol. The molecule has 1 aromatic rings. The summed E-state index contributed by atoms with van der Waals surface area (Å²) in [7, 11) is 0. The fourth-order valence-electron chi connectivity index (χ4n) is 2.15. The van der Waals surface area contributed by atoms with E-state index in [1.54, 1.807) is 0 Å². The van der Waals surface area contributed by atoms with Gasteiger partial charge in [-0.25, -0.2) is 4.39 Å². The Balaban J connectivity index is 2.22. The van der Waals surface area contributed by atoms with Crippen LogP contribution in [0.25, 0.3) is 0 Å². The van der Waals surface area contributed by atoms with E-state index in [4.69, 9.17) is 5.73 Å². The van der Waals surface area contributed by atoms with Crippen molar-refractivity contribution < 1.29 is 14.3 Å². The molecule has 0 spiro atoms. The minimum Gasteiger partial charge on any atom is -0.391 e. The van der Waals surface area contributed by atoms with Crippen LogP contribution in [0, 0.1) is 5.82 Å². The minimum atomic E-state index is -0.681. The number of halogens is 1. The Morgan fingerprint density at radius 3 is 2.82 bits per heavy atom. The van der Waals surface area contributed by atoms with Gasteiger partial charge in [-0.15, -0.1) is 0 Å². The van der Waals surface area contributed by atoms with Crippen LogP contribution in [0.15, 0.2) is 18.2 Å². The highest BCUT2D eigenvalue weighted by molar-refractivity contribution is 5.98. The monoisotopic (exact) mass is 238 g/mol. The first kappa shape index (κ1) is 11.9. The topological polar surface area (TPSA) is 75.4 Å². The zero-order chi connectivity index (χ0) is 12.4. The first-order valence-corrected chi connectivity index (χ1v) is 5.62. The molecule has 1 aliphatic rings. The average Bonchev–Trinajstić information content (AvgIpc) is 2.67. The Kier molecular flexibility index (Phi) is 3.28. The third-order valence-electron chi connectivity index (χ3n) is 3.07. The van der Waals surface area contributed by atoms with Crippen molar-refractivity contribution in [1.82, 2.24) is 0 Å². The molecule has 1 aliphatic carbocycles. The number of rotatable bonds is 3. The molecule has 0 radical (unpaired) electrons. The van der Waals surface area contributed by atoms with Gasteiger partial charge in [-0.2, -0.15) is 0 Å². The Hall–Kier alpha value is -1.62. The quantitative estimate of drug-likeness (QED) is 0.741. The van der Waals surface area contributed by atoms with E-state index < -0.39 is 17.8 Å². The second kappa shape index (κ2) is 4.71. The van der Waals surface area contributed by atoms with Crippen molar-refractivity contribution in [2.24, 2.45) is 5.73 Å². The van der Waals surface area contributed by atoms with Crippen LogP contribution in [0.4, 0.5) is 10.1 Å². The van der Waals surface area contributed by atoms with Crippen molar-refractivity contribution in [3.05, 3.63) is 29.6 Å². The van der Waals surface area contributed by atoms with Gasteiger partial charge in [0.2, 0.25) is 0 Å². The van der Waals surface area contributed by atoms with Crippen molar-refractivity contribution in [2.45, 2.75) is 31.4 Å². The largest absolute Gasteiger partial charge is 0.391 e. The van der Waals surface area contributed by atoms with Crippen molar-refractivity contribution in [2.75, 3.05) is 5.32 Å². The Labute approximate surface area is 98.6 Å². The van der Waals surface area contributed by atoms with Crippen LogP contribution in [0.2, 0.25) is 0 Å². The fraction of sp³-hybridized carbons (Fsp3) is 0.417. The highest BCUT2D eigenvalue weighted by Gasteiger charge is 2.26. The second-order valence-electron chi connectivity index (χ2n) is 4.30. The Morgan fingerprint density at radius 1 is 1.47 bits per heavy atom. The van der Waals surface area contributed by atoms with Crippen LogP contribution >= 0.6 is 0 Å². The molecule has 1 aromatic carbocycles. The zero-order valence-electron chi connectivity index (χ0n) is 9.32. The molecule has 0 aliphatic heterocycles. The number of nitrogens with one attached hydrogen (secondary N) is 1. The van der Waals surface area contributed by atoms with Crippen molar-refractivity contribution in [1.29, 1.82) is 0 Å². The predicted octanol–water partition coefficient (Wildman–Crippen LogP) is 1.25. The molecule has 2 rings (SSSR count). The van der Waals surface area contributed by atoms with Crippen molar-refractivity contribution in [3.63, 3.8) is 0 Å². The summed E-state index contributed by atoms with van der Waals surface area (Å²) in [4.78, 5) is 11.2. The van der Waals surface area contributed by atoms with Crippen molar-refractivity contribution >= 4 is 11.6 Å². The van der Waals surface area contributed by atoms with Crippen LogP contribution in [0.5, 0.6) is 0 Å². The molecule has 1 amide bonds. The van der Waals surface area contributed by atoms with Crippen LogP contribution < -0.4 is 11.1 Å².